The van der Waals surface area contributed by atoms with E-state index in [-0.39, 0.29) is 22.3 Å². The van der Waals surface area contributed by atoms with E-state index >= 15 is 0 Å². The van der Waals surface area contributed by atoms with Gasteiger partial charge in [-0.05, 0) is 46.6 Å². The highest BCUT2D eigenvalue weighted by Gasteiger charge is 2.39. The van der Waals surface area contributed by atoms with Crippen molar-refractivity contribution in [3.05, 3.63) is 40.1 Å². The van der Waals surface area contributed by atoms with Crippen LogP contribution in [-0.4, -0.2) is 38.7 Å². The van der Waals surface area contributed by atoms with Gasteiger partial charge in [0.15, 0.2) is 9.84 Å². The van der Waals surface area contributed by atoms with Crippen LogP contribution < -0.4 is 0 Å². The van der Waals surface area contributed by atoms with Gasteiger partial charge in [0.1, 0.15) is 9.97 Å². The highest BCUT2D eigenvalue weighted by atomic mass is 79.9. The fraction of sp³-hybridized carbons (Fsp3) is 0.385. The number of hydrogen-bond acceptors (Lipinski definition) is 6. The Bertz CT molecular complexity index is 886. The topological polar surface area (TPSA) is 84.7 Å². The molecule has 0 saturated carbocycles. The second-order valence-corrected chi connectivity index (χ2v) is 12.1. The van der Waals surface area contributed by atoms with Crippen molar-refractivity contribution in [2.45, 2.75) is 23.2 Å². The van der Waals surface area contributed by atoms with E-state index in [0.29, 0.717) is 16.0 Å². The standard InChI is InChI=1S/C13H14BrNO5S3/c14-12-3-4-13(21-12)23(18,19)15(8-11-2-1-6-20-11)10-5-7-22(16,17)9-10/h1-4,6,10H,5,7-9H2/t10-/m0/s1. The molecule has 3 heterocycles. The van der Waals surface area contributed by atoms with Gasteiger partial charge in [0.05, 0.1) is 28.1 Å². The molecule has 0 spiro atoms. The fourth-order valence-electron chi connectivity index (χ4n) is 2.52. The Labute approximate surface area is 147 Å². The molecule has 23 heavy (non-hydrogen) atoms. The maximum absolute atomic E-state index is 12.9. The molecule has 3 rings (SSSR count). The molecule has 2 aromatic heterocycles. The van der Waals surface area contributed by atoms with E-state index in [2.05, 4.69) is 15.9 Å². The Morgan fingerprint density at radius 3 is 2.65 bits per heavy atom. The zero-order chi connectivity index (χ0) is 16.7. The molecule has 10 heteroatoms. The van der Waals surface area contributed by atoms with Gasteiger partial charge >= 0.3 is 0 Å². The zero-order valence-corrected chi connectivity index (χ0v) is 15.9. The van der Waals surface area contributed by atoms with Gasteiger partial charge in [-0.2, -0.15) is 4.31 Å². The van der Waals surface area contributed by atoms with Crippen molar-refractivity contribution < 1.29 is 21.3 Å². The molecular weight excluding hydrogens is 426 g/mol. The lowest BCUT2D eigenvalue weighted by molar-refractivity contribution is 0.307. The zero-order valence-electron chi connectivity index (χ0n) is 11.9. The maximum atomic E-state index is 12.9. The van der Waals surface area contributed by atoms with Gasteiger partial charge in [0.2, 0.25) is 0 Å². The third kappa shape index (κ3) is 3.71. The van der Waals surface area contributed by atoms with Gasteiger partial charge in [-0.25, -0.2) is 16.8 Å². The minimum absolute atomic E-state index is 0.00990. The second kappa shape index (κ2) is 6.32. The molecule has 1 aliphatic rings. The summed E-state index contributed by atoms with van der Waals surface area (Å²) in [6.45, 7) is 0.0189. The number of halogens is 1. The number of sulfonamides is 1. The third-order valence-electron chi connectivity index (χ3n) is 3.62. The smallest absolute Gasteiger partial charge is 0.253 e. The third-order valence-corrected chi connectivity index (χ3v) is 9.36. The van der Waals surface area contributed by atoms with Crippen LogP contribution >= 0.6 is 27.3 Å². The lowest BCUT2D eigenvalue weighted by Crippen LogP contribution is -2.40. The van der Waals surface area contributed by atoms with Gasteiger partial charge in [0.25, 0.3) is 10.0 Å². The summed E-state index contributed by atoms with van der Waals surface area (Å²) in [7, 11) is -6.99. The molecule has 0 amide bonds. The van der Waals surface area contributed by atoms with Crippen molar-refractivity contribution >= 4 is 47.1 Å². The van der Waals surface area contributed by atoms with Crippen molar-refractivity contribution in [2.24, 2.45) is 0 Å². The molecule has 0 N–H and O–H groups in total. The van der Waals surface area contributed by atoms with E-state index in [1.165, 1.54) is 16.6 Å². The van der Waals surface area contributed by atoms with Crippen molar-refractivity contribution in [1.29, 1.82) is 0 Å². The molecule has 1 saturated heterocycles. The lowest BCUT2D eigenvalue weighted by Gasteiger charge is -2.25. The summed E-state index contributed by atoms with van der Waals surface area (Å²) in [6, 6.07) is 5.95. The first-order chi connectivity index (χ1) is 10.8. The molecule has 1 fully saturated rings. The van der Waals surface area contributed by atoms with Crippen molar-refractivity contribution in [3.63, 3.8) is 0 Å². The van der Waals surface area contributed by atoms with E-state index in [1.54, 1.807) is 18.2 Å². The summed E-state index contributed by atoms with van der Waals surface area (Å²) < 4.78 is 56.8. The Balaban J connectivity index is 1.97. The highest BCUT2D eigenvalue weighted by Crippen LogP contribution is 2.32. The summed E-state index contributed by atoms with van der Waals surface area (Å²) >= 11 is 4.36. The molecular formula is C13H14BrNO5S3. The van der Waals surface area contributed by atoms with E-state index in [9.17, 15) is 16.8 Å². The minimum atomic E-state index is -3.79. The van der Waals surface area contributed by atoms with E-state index in [4.69, 9.17) is 4.42 Å². The molecule has 0 bridgehead atoms. The Morgan fingerprint density at radius 2 is 2.13 bits per heavy atom. The number of hydrogen-bond donors (Lipinski definition) is 0. The summed E-state index contributed by atoms with van der Waals surface area (Å²) in [4.78, 5) is 0. The van der Waals surface area contributed by atoms with E-state index in [0.717, 1.165) is 11.3 Å². The number of sulfone groups is 1. The normalized spacial score (nSPS) is 21.0. The number of thiophene rings is 1. The monoisotopic (exact) mass is 439 g/mol. The molecule has 0 aliphatic carbocycles. The first kappa shape index (κ1) is 17.2. The molecule has 0 radical (unpaired) electrons. The van der Waals surface area contributed by atoms with Crippen LogP contribution in [0.4, 0.5) is 0 Å². The Hall–Kier alpha value is -0.680. The first-order valence-electron chi connectivity index (χ1n) is 6.78. The Morgan fingerprint density at radius 1 is 1.35 bits per heavy atom. The van der Waals surface area contributed by atoms with Crippen LogP contribution in [0.3, 0.4) is 0 Å². The number of furan rings is 1. The van der Waals surface area contributed by atoms with Crippen LogP contribution in [0.15, 0.2) is 42.9 Å². The van der Waals surface area contributed by atoms with Crippen LogP contribution in [0.2, 0.25) is 0 Å². The fourth-order valence-corrected chi connectivity index (χ4v) is 8.11. The predicted octanol–water partition coefficient (Wildman–Crippen LogP) is 2.48. The van der Waals surface area contributed by atoms with Crippen LogP contribution in [-0.2, 0) is 26.4 Å². The van der Waals surface area contributed by atoms with Crippen LogP contribution in [0.1, 0.15) is 12.2 Å². The number of rotatable bonds is 5. The van der Waals surface area contributed by atoms with Gasteiger partial charge in [-0.15, -0.1) is 11.3 Å². The number of nitrogens with zero attached hydrogens (tertiary/aromatic N) is 1. The molecule has 6 nitrogen and oxygen atoms in total. The van der Waals surface area contributed by atoms with Crippen LogP contribution in [0, 0.1) is 0 Å². The van der Waals surface area contributed by atoms with Crippen molar-refractivity contribution in [3.8, 4) is 0 Å². The van der Waals surface area contributed by atoms with Crippen molar-refractivity contribution in [2.75, 3.05) is 11.5 Å². The van der Waals surface area contributed by atoms with Crippen LogP contribution in [0.25, 0.3) is 0 Å². The maximum Gasteiger partial charge on any atom is 0.253 e. The molecule has 0 unspecified atom stereocenters. The van der Waals surface area contributed by atoms with Crippen molar-refractivity contribution in [1.82, 2.24) is 4.31 Å². The predicted molar refractivity (Wildman–Crippen MR) is 90.5 cm³/mol. The summed E-state index contributed by atoms with van der Waals surface area (Å²) in [5, 5.41) is 0. The minimum Gasteiger partial charge on any atom is -0.468 e. The quantitative estimate of drug-likeness (QED) is 0.713. The average Bonchev–Trinajstić information content (AvgIpc) is 3.17. The average molecular weight is 440 g/mol. The molecule has 1 aliphatic heterocycles. The molecule has 2 aromatic rings. The summed E-state index contributed by atoms with van der Waals surface area (Å²) in [5.74, 6) is 0.337. The van der Waals surface area contributed by atoms with E-state index in [1.807, 2.05) is 0 Å². The summed E-state index contributed by atoms with van der Waals surface area (Å²) in [6.07, 6.45) is 1.77. The lowest BCUT2D eigenvalue weighted by atomic mass is 10.2. The van der Waals surface area contributed by atoms with Gasteiger partial charge in [0, 0.05) is 6.04 Å². The second-order valence-electron chi connectivity index (χ2n) is 5.25. The Kier molecular flexibility index (Phi) is 4.71. The van der Waals surface area contributed by atoms with Gasteiger partial charge in [-0.1, -0.05) is 0 Å². The summed E-state index contributed by atoms with van der Waals surface area (Å²) in [5.41, 5.74) is 0. The molecule has 1 atom stereocenters. The largest absolute Gasteiger partial charge is 0.468 e. The van der Waals surface area contributed by atoms with E-state index < -0.39 is 25.9 Å². The highest BCUT2D eigenvalue weighted by molar-refractivity contribution is 9.11. The van der Waals surface area contributed by atoms with Gasteiger partial charge in [-0.3, -0.25) is 0 Å². The molecule has 126 valence electrons. The van der Waals surface area contributed by atoms with Crippen LogP contribution in [0.5, 0.6) is 0 Å². The first-order valence-corrected chi connectivity index (χ1v) is 11.6. The van der Waals surface area contributed by atoms with Gasteiger partial charge < -0.3 is 4.42 Å². The SMILES string of the molecule is O=S1(=O)CC[C@H](N(Cc2ccco2)S(=O)(=O)c2ccc(Br)s2)C1. The molecule has 0 aromatic carbocycles.